The molecule has 3 rings (SSSR count). The fourth-order valence-corrected chi connectivity index (χ4v) is 3.35. The van der Waals surface area contributed by atoms with Gasteiger partial charge in [0.1, 0.15) is 5.82 Å². The predicted octanol–water partition coefficient (Wildman–Crippen LogP) is 2.38. The van der Waals surface area contributed by atoms with E-state index in [9.17, 15) is 0 Å². The molecule has 1 N–H and O–H groups in total. The van der Waals surface area contributed by atoms with Crippen molar-refractivity contribution in [1.29, 1.82) is 0 Å². The Labute approximate surface area is 149 Å². The second-order valence-corrected chi connectivity index (χ2v) is 6.64. The van der Waals surface area contributed by atoms with E-state index in [-0.39, 0.29) is 0 Å². The summed E-state index contributed by atoms with van der Waals surface area (Å²) >= 11 is 0. The quantitative estimate of drug-likeness (QED) is 0.744. The van der Waals surface area contributed by atoms with Crippen LogP contribution in [0.25, 0.3) is 0 Å². The lowest BCUT2D eigenvalue weighted by molar-refractivity contribution is 0.166. The summed E-state index contributed by atoms with van der Waals surface area (Å²) in [6.45, 7) is 4.68. The molecule has 1 atom stereocenters. The second kappa shape index (κ2) is 9.44. The Hall–Kier alpha value is -2.05. The van der Waals surface area contributed by atoms with Crippen molar-refractivity contribution in [1.82, 2.24) is 20.1 Å². The van der Waals surface area contributed by atoms with Gasteiger partial charge >= 0.3 is 0 Å². The van der Waals surface area contributed by atoms with E-state index in [4.69, 9.17) is 4.74 Å². The van der Waals surface area contributed by atoms with Crippen molar-refractivity contribution in [2.24, 2.45) is 5.92 Å². The Kier molecular flexibility index (Phi) is 6.71. The van der Waals surface area contributed by atoms with Crippen molar-refractivity contribution < 1.29 is 4.74 Å². The van der Waals surface area contributed by atoms with E-state index in [2.05, 4.69) is 37.5 Å². The van der Waals surface area contributed by atoms with E-state index >= 15 is 0 Å². The zero-order valence-corrected chi connectivity index (χ0v) is 14.9. The first-order chi connectivity index (χ1) is 12.3. The Morgan fingerprint density at radius 1 is 1.28 bits per heavy atom. The maximum absolute atomic E-state index is 5.02. The van der Waals surface area contributed by atoms with Crippen LogP contribution >= 0.6 is 0 Å². The molecule has 1 aliphatic rings. The van der Waals surface area contributed by atoms with Crippen molar-refractivity contribution in [3.05, 3.63) is 47.9 Å². The van der Waals surface area contributed by atoms with E-state index in [0.29, 0.717) is 12.5 Å². The number of methoxy groups -OCH3 is 1. The first-order valence-electron chi connectivity index (χ1n) is 9.00. The van der Waals surface area contributed by atoms with Gasteiger partial charge in [0.25, 0.3) is 0 Å². The number of nitrogens with zero attached hydrogens (tertiary/aromatic N) is 4. The molecule has 3 heterocycles. The minimum absolute atomic E-state index is 0.645. The molecule has 25 heavy (non-hydrogen) atoms. The molecule has 6 heteroatoms. The molecule has 134 valence electrons. The maximum atomic E-state index is 5.02. The molecule has 0 aromatic carbocycles. The molecule has 0 radical (unpaired) electrons. The molecule has 1 unspecified atom stereocenters. The highest BCUT2D eigenvalue weighted by Gasteiger charge is 2.20. The summed E-state index contributed by atoms with van der Waals surface area (Å²) in [5.74, 6) is 1.45. The van der Waals surface area contributed by atoms with Crippen LogP contribution in [0.2, 0.25) is 0 Å². The number of nitrogens with one attached hydrogen (secondary N) is 1. The third kappa shape index (κ3) is 5.76. The van der Waals surface area contributed by atoms with E-state index in [1.807, 2.05) is 24.5 Å². The van der Waals surface area contributed by atoms with E-state index < -0.39 is 0 Å². The van der Waals surface area contributed by atoms with Crippen molar-refractivity contribution in [2.75, 3.05) is 38.7 Å². The normalized spacial score (nSPS) is 18.2. The molecule has 2 aromatic heterocycles. The van der Waals surface area contributed by atoms with Crippen LogP contribution in [-0.4, -0.2) is 53.4 Å². The molecule has 2 aromatic rings. The molecule has 6 nitrogen and oxygen atoms in total. The summed E-state index contributed by atoms with van der Waals surface area (Å²) in [4.78, 5) is 6.74. The van der Waals surface area contributed by atoms with Gasteiger partial charge in [-0.05, 0) is 55.5 Å². The minimum atomic E-state index is 0.645. The largest absolute Gasteiger partial charge is 0.383 e. The Bertz CT molecular complexity index is 619. The lowest BCUT2D eigenvalue weighted by Crippen LogP contribution is -2.35. The van der Waals surface area contributed by atoms with Gasteiger partial charge in [-0.3, -0.25) is 9.88 Å². The number of hydrogen-bond acceptors (Lipinski definition) is 6. The van der Waals surface area contributed by atoms with Gasteiger partial charge in [-0.15, -0.1) is 5.10 Å². The Morgan fingerprint density at radius 2 is 2.24 bits per heavy atom. The Morgan fingerprint density at radius 3 is 3.00 bits per heavy atom. The van der Waals surface area contributed by atoms with Crippen LogP contribution in [0, 0.1) is 5.92 Å². The number of piperidine rings is 1. The molecule has 1 aliphatic heterocycles. The lowest BCUT2D eigenvalue weighted by atomic mass is 9.93. The minimum Gasteiger partial charge on any atom is -0.383 e. The standard InChI is InChI=1S/C19H27N5O/c1-25-11-9-21-19-7-6-18(22-23-19)12-16-5-3-10-24(14-16)15-17-4-2-8-20-13-17/h2,4,6-8,13,16H,3,5,9-12,14-15H2,1H3,(H,21,23). The van der Waals surface area contributed by atoms with Gasteiger partial charge in [0, 0.05) is 39.1 Å². The summed E-state index contributed by atoms with van der Waals surface area (Å²) in [6, 6.07) is 8.25. The fraction of sp³-hybridized carbons (Fsp3) is 0.526. The summed E-state index contributed by atoms with van der Waals surface area (Å²) in [6.07, 6.45) is 7.29. The van der Waals surface area contributed by atoms with Gasteiger partial charge in [-0.25, -0.2) is 0 Å². The number of anilines is 1. The zero-order valence-electron chi connectivity index (χ0n) is 14.9. The summed E-state index contributed by atoms with van der Waals surface area (Å²) in [5.41, 5.74) is 2.36. The van der Waals surface area contributed by atoms with Crippen LogP contribution in [0.3, 0.4) is 0 Å². The van der Waals surface area contributed by atoms with Crippen LogP contribution in [0.1, 0.15) is 24.1 Å². The van der Waals surface area contributed by atoms with Crippen LogP contribution < -0.4 is 5.32 Å². The first-order valence-corrected chi connectivity index (χ1v) is 9.00. The van der Waals surface area contributed by atoms with Gasteiger partial charge in [-0.2, -0.15) is 5.10 Å². The van der Waals surface area contributed by atoms with E-state index in [1.165, 1.54) is 24.9 Å². The van der Waals surface area contributed by atoms with Crippen LogP contribution in [0.5, 0.6) is 0 Å². The summed E-state index contributed by atoms with van der Waals surface area (Å²) < 4.78 is 5.02. The number of hydrogen-bond donors (Lipinski definition) is 1. The van der Waals surface area contributed by atoms with E-state index in [1.54, 1.807) is 7.11 Å². The third-order valence-electron chi connectivity index (χ3n) is 4.56. The van der Waals surface area contributed by atoms with Crippen molar-refractivity contribution in [2.45, 2.75) is 25.8 Å². The predicted molar refractivity (Wildman–Crippen MR) is 98.3 cm³/mol. The smallest absolute Gasteiger partial charge is 0.148 e. The van der Waals surface area contributed by atoms with Crippen molar-refractivity contribution >= 4 is 5.82 Å². The summed E-state index contributed by atoms with van der Waals surface area (Å²) in [7, 11) is 1.69. The summed E-state index contributed by atoms with van der Waals surface area (Å²) in [5, 5.41) is 11.8. The zero-order chi connectivity index (χ0) is 17.3. The molecule has 1 fully saturated rings. The molecule has 0 spiro atoms. The van der Waals surface area contributed by atoms with Crippen LogP contribution in [0.4, 0.5) is 5.82 Å². The average Bonchev–Trinajstić information content (AvgIpc) is 2.65. The Balaban J connectivity index is 1.48. The number of ether oxygens (including phenoxy) is 1. The molecule has 0 aliphatic carbocycles. The maximum Gasteiger partial charge on any atom is 0.148 e. The fourth-order valence-electron chi connectivity index (χ4n) is 3.35. The molecular formula is C19H27N5O. The van der Waals surface area contributed by atoms with Gasteiger partial charge < -0.3 is 10.1 Å². The van der Waals surface area contributed by atoms with Gasteiger partial charge in [0.05, 0.1) is 12.3 Å². The topological polar surface area (TPSA) is 63.2 Å². The monoisotopic (exact) mass is 341 g/mol. The molecule has 0 amide bonds. The van der Waals surface area contributed by atoms with Gasteiger partial charge in [-0.1, -0.05) is 6.07 Å². The van der Waals surface area contributed by atoms with Crippen molar-refractivity contribution in [3.63, 3.8) is 0 Å². The lowest BCUT2D eigenvalue weighted by Gasteiger charge is -2.32. The number of aromatic nitrogens is 3. The molecule has 0 bridgehead atoms. The van der Waals surface area contributed by atoms with Crippen LogP contribution in [-0.2, 0) is 17.7 Å². The van der Waals surface area contributed by atoms with Crippen LogP contribution in [0.15, 0.2) is 36.7 Å². The SMILES string of the molecule is COCCNc1ccc(CC2CCCN(Cc3cccnc3)C2)nn1. The molecular weight excluding hydrogens is 314 g/mol. The van der Waals surface area contributed by atoms with Gasteiger partial charge in [0.15, 0.2) is 0 Å². The highest BCUT2D eigenvalue weighted by atomic mass is 16.5. The van der Waals surface area contributed by atoms with Gasteiger partial charge in [0.2, 0.25) is 0 Å². The third-order valence-corrected chi connectivity index (χ3v) is 4.56. The second-order valence-electron chi connectivity index (χ2n) is 6.64. The number of likely N-dealkylation sites (tertiary alicyclic amines) is 1. The number of pyridine rings is 1. The number of rotatable bonds is 8. The molecule has 1 saturated heterocycles. The molecule has 0 saturated carbocycles. The highest BCUT2D eigenvalue weighted by Crippen LogP contribution is 2.21. The van der Waals surface area contributed by atoms with Crippen molar-refractivity contribution in [3.8, 4) is 0 Å². The average molecular weight is 341 g/mol. The van der Waals surface area contributed by atoms with E-state index in [0.717, 1.165) is 37.6 Å². The highest BCUT2D eigenvalue weighted by molar-refractivity contribution is 5.32. The first kappa shape index (κ1) is 17.8.